The molecule has 1 aromatic heterocycles. The van der Waals surface area contributed by atoms with Crippen LogP contribution in [0.15, 0.2) is 11.1 Å². The Morgan fingerprint density at radius 2 is 1.96 bits per heavy atom. The van der Waals surface area contributed by atoms with Gasteiger partial charge in [-0.1, -0.05) is 0 Å². The van der Waals surface area contributed by atoms with E-state index in [0.29, 0.717) is 16.8 Å². The lowest BCUT2D eigenvalue weighted by Gasteiger charge is -2.32. The molecule has 12 heteroatoms. The lowest BCUT2D eigenvalue weighted by Crippen LogP contribution is -2.51. The van der Waals surface area contributed by atoms with E-state index in [2.05, 4.69) is 20.7 Å². The second kappa shape index (κ2) is 9.12. The standard InChI is InChI=1S/C16H27F3N6O2S/c1-12-11-13(2)25(23-12)8-4-7-21-15(20-3)22-14-5-9-24(10-6-14)28(26,27)16(17,18)19/h11,14H,4-10H2,1-3H3,(H2,20,21,22). The predicted molar refractivity (Wildman–Crippen MR) is 100 cm³/mol. The Bertz CT molecular complexity index is 783. The highest BCUT2D eigenvalue weighted by Gasteiger charge is 2.50. The first-order valence-corrected chi connectivity index (χ1v) is 10.5. The van der Waals surface area contributed by atoms with Crippen LogP contribution >= 0.6 is 0 Å². The minimum Gasteiger partial charge on any atom is -0.356 e. The molecule has 160 valence electrons. The van der Waals surface area contributed by atoms with Crippen LogP contribution in [-0.4, -0.2) is 66.7 Å². The molecule has 1 saturated heterocycles. The monoisotopic (exact) mass is 424 g/mol. The number of halogens is 3. The minimum atomic E-state index is -5.25. The van der Waals surface area contributed by atoms with Crippen molar-refractivity contribution in [1.29, 1.82) is 0 Å². The molecule has 8 nitrogen and oxygen atoms in total. The Morgan fingerprint density at radius 3 is 2.46 bits per heavy atom. The molecule has 0 amide bonds. The zero-order valence-electron chi connectivity index (χ0n) is 16.3. The number of guanidine groups is 1. The quantitative estimate of drug-likeness (QED) is 0.409. The predicted octanol–water partition coefficient (Wildman–Crippen LogP) is 1.37. The third-order valence-corrected chi connectivity index (χ3v) is 6.22. The molecule has 0 aliphatic carbocycles. The van der Waals surface area contributed by atoms with Crippen LogP contribution in [0.2, 0.25) is 0 Å². The van der Waals surface area contributed by atoms with E-state index < -0.39 is 15.5 Å². The van der Waals surface area contributed by atoms with Gasteiger partial charge in [0.15, 0.2) is 5.96 Å². The maximum absolute atomic E-state index is 12.6. The number of sulfonamides is 1. The lowest BCUT2D eigenvalue weighted by atomic mass is 10.1. The Kier molecular flexibility index (Phi) is 7.32. The average molecular weight is 424 g/mol. The van der Waals surface area contributed by atoms with Crippen LogP contribution in [0.5, 0.6) is 0 Å². The van der Waals surface area contributed by atoms with Crippen molar-refractivity contribution in [3.8, 4) is 0 Å². The summed E-state index contributed by atoms with van der Waals surface area (Å²) >= 11 is 0. The number of aromatic nitrogens is 2. The fourth-order valence-corrected chi connectivity index (χ4v) is 4.10. The lowest BCUT2D eigenvalue weighted by molar-refractivity contribution is -0.0494. The zero-order chi connectivity index (χ0) is 20.9. The number of rotatable bonds is 6. The molecule has 1 aliphatic heterocycles. The SMILES string of the molecule is CN=C(NCCCn1nc(C)cc1C)NC1CCN(S(=O)(=O)C(F)(F)F)CC1. The van der Waals surface area contributed by atoms with Crippen LogP contribution in [0.3, 0.4) is 0 Å². The van der Waals surface area contributed by atoms with E-state index in [4.69, 9.17) is 0 Å². The highest BCUT2D eigenvalue weighted by atomic mass is 32.2. The summed E-state index contributed by atoms with van der Waals surface area (Å²) in [5.74, 6) is 0.547. The van der Waals surface area contributed by atoms with Gasteiger partial charge in [-0.25, -0.2) is 8.42 Å². The van der Waals surface area contributed by atoms with Gasteiger partial charge in [-0.15, -0.1) is 0 Å². The first-order chi connectivity index (χ1) is 13.0. The van der Waals surface area contributed by atoms with Crippen molar-refractivity contribution in [2.24, 2.45) is 4.99 Å². The van der Waals surface area contributed by atoms with Crippen LogP contribution in [0.1, 0.15) is 30.7 Å². The molecule has 2 N–H and O–H groups in total. The molecule has 0 spiro atoms. The van der Waals surface area contributed by atoms with Crippen molar-refractivity contribution in [1.82, 2.24) is 24.7 Å². The van der Waals surface area contributed by atoms with E-state index in [9.17, 15) is 21.6 Å². The number of aryl methyl sites for hydroxylation is 3. The molecular weight excluding hydrogens is 397 g/mol. The van der Waals surface area contributed by atoms with Crippen molar-refractivity contribution < 1.29 is 21.6 Å². The number of hydrogen-bond acceptors (Lipinski definition) is 4. The number of aliphatic imine (C=N–C) groups is 1. The van der Waals surface area contributed by atoms with Gasteiger partial charge in [-0.2, -0.15) is 22.6 Å². The van der Waals surface area contributed by atoms with Gasteiger partial charge in [0.1, 0.15) is 0 Å². The molecular formula is C16H27F3N6O2S. The van der Waals surface area contributed by atoms with Crippen LogP contribution in [0.25, 0.3) is 0 Å². The maximum atomic E-state index is 12.6. The van der Waals surface area contributed by atoms with Crippen LogP contribution < -0.4 is 10.6 Å². The second-order valence-corrected chi connectivity index (χ2v) is 8.70. The Labute approximate surface area is 163 Å². The minimum absolute atomic E-state index is 0.137. The fourth-order valence-electron chi connectivity index (χ4n) is 3.11. The number of hydrogen-bond donors (Lipinski definition) is 2. The molecule has 1 fully saturated rings. The number of alkyl halides is 3. The summed E-state index contributed by atoms with van der Waals surface area (Å²) in [7, 11) is -3.64. The van der Waals surface area contributed by atoms with Crippen molar-refractivity contribution in [3.63, 3.8) is 0 Å². The molecule has 2 heterocycles. The third kappa shape index (κ3) is 5.60. The van der Waals surface area contributed by atoms with E-state index in [-0.39, 0.29) is 32.0 Å². The molecule has 1 aliphatic rings. The van der Waals surface area contributed by atoms with Crippen LogP contribution in [0.4, 0.5) is 13.2 Å². The summed E-state index contributed by atoms with van der Waals surface area (Å²) < 4.78 is 63.2. The first-order valence-electron chi connectivity index (χ1n) is 9.09. The van der Waals surface area contributed by atoms with Crippen molar-refractivity contribution in [2.45, 2.75) is 51.2 Å². The summed E-state index contributed by atoms with van der Waals surface area (Å²) in [5, 5.41) is 10.7. The number of nitrogens with one attached hydrogen (secondary N) is 2. The van der Waals surface area contributed by atoms with E-state index in [0.717, 1.165) is 24.4 Å². The summed E-state index contributed by atoms with van der Waals surface area (Å²) in [5.41, 5.74) is -3.18. The molecule has 1 aromatic rings. The largest absolute Gasteiger partial charge is 0.511 e. The van der Waals surface area contributed by atoms with E-state index in [1.165, 1.54) is 0 Å². The van der Waals surface area contributed by atoms with Gasteiger partial charge in [0.2, 0.25) is 0 Å². The Morgan fingerprint density at radius 1 is 1.32 bits per heavy atom. The topological polar surface area (TPSA) is 91.6 Å². The van der Waals surface area contributed by atoms with Gasteiger partial charge in [0, 0.05) is 45.0 Å². The smallest absolute Gasteiger partial charge is 0.356 e. The van der Waals surface area contributed by atoms with E-state index >= 15 is 0 Å². The van der Waals surface area contributed by atoms with Crippen molar-refractivity contribution >= 4 is 16.0 Å². The van der Waals surface area contributed by atoms with Crippen molar-refractivity contribution in [3.05, 3.63) is 17.5 Å². The Hall–Kier alpha value is -1.82. The second-order valence-electron chi connectivity index (χ2n) is 6.77. The molecule has 0 saturated carbocycles. The number of nitrogens with zero attached hydrogens (tertiary/aromatic N) is 4. The Balaban J connectivity index is 1.75. The van der Waals surface area contributed by atoms with Gasteiger partial charge >= 0.3 is 15.5 Å². The highest BCUT2D eigenvalue weighted by Crippen LogP contribution is 2.28. The van der Waals surface area contributed by atoms with Gasteiger partial charge in [0.05, 0.1) is 5.69 Å². The normalized spacial score (nSPS) is 17.7. The molecule has 0 unspecified atom stereocenters. The number of piperidine rings is 1. The summed E-state index contributed by atoms with van der Waals surface area (Å²) in [6.07, 6.45) is 1.38. The average Bonchev–Trinajstić information content (AvgIpc) is 2.94. The van der Waals surface area contributed by atoms with Crippen LogP contribution in [-0.2, 0) is 16.6 Å². The maximum Gasteiger partial charge on any atom is 0.511 e. The summed E-state index contributed by atoms with van der Waals surface area (Å²) in [4.78, 5) is 4.12. The molecule has 28 heavy (non-hydrogen) atoms. The molecule has 2 rings (SSSR count). The molecule has 0 aromatic carbocycles. The van der Waals surface area contributed by atoms with Gasteiger partial charge in [-0.3, -0.25) is 9.67 Å². The van der Waals surface area contributed by atoms with Crippen LogP contribution in [0, 0.1) is 13.8 Å². The first kappa shape index (κ1) is 22.5. The van der Waals surface area contributed by atoms with Gasteiger partial charge in [0.25, 0.3) is 0 Å². The summed E-state index contributed by atoms with van der Waals surface area (Å²) in [6, 6.07) is 1.88. The van der Waals surface area contributed by atoms with E-state index in [1.54, 1.807) is 7.05 Å². The molecule has 0 bridgehead atoms. The van der Waals surface area contributed by atoms with Gasteiger partial charge in [-0.05, 0) is 39.2 Å². The van der Waals surface area contributed by atoms with Crippen molar-refractivity contribution in [2.75, 3.05) is 26.7 Å². The van der Waals surface area contributed by atoms with Gasteiger partial charge < -0.3 is 10.6 Å². The highest BCUT2D eigenvalue weighted by molar-refractivity contribution is 7.90. The summed E-state index contributed by atoms with van der Waals surface area (Å²) in [6.45, 7) is 5.01. The fraction of sp³-hybridized carbons (Fsp3) is 0.750. The molecule has 0 radical (unpaired) electrons. The van der Waals surface area contributed by atoms with E-state index in [1.807, 2.05) is 24.6 Å². The zero-order valence-corrected chi connectivity index (χ0v) is 17.1. The molecule has 0 atom stereocenters. The third-order valence-electron chi connectivity index (χ3n) is 4.59.